The first kappa shape index (κ1) is 7.94. The van der Waals surface area contributed by atoms with Crippen LogP contribution in [-0.2, 0) is 4.74 Å². The van der Waals surface area contributed by atoms with E-state index >= 15 is 0 Å². The first-order chi connectivity index (χ1) is 4.72. The van der Waals surface area contributed by atoms with Crippen molar-refractivity contribution in [3.8, 4) is 0 Å². The van der Waals surface area contributed by atoms with Crippen molar-refractivity contribution in [3.63, 3.8) is 0 Å². The van der Waals surface area contributed by atoms with Gasteiger partial charge in [0.15, 0.2) is 6.29 Å². The van der Waals surface area contributed by atoms with Gasteiger partial charge in [-0.25, -0.2) is 0 Å². The van der Waals surface area contributed by atoms with E-state index in [0.717, 1.165) is 0 Å². The van der Waals surface area contributed by atoms with E-state index in [2.05, 4.69) is 0 Å². The Balaban J connectivity index is 2.35. The molecule has 4 nitrogen and oxygen atoms in total. The number of hydrogen-bond donors (Lipinski definition) is 3. The second kappa shape index (κ2) is 3.30. The van der Waals surface area contributed by atoms with Crippen LogP contribution < -0.4 is 0 Å². The van der Waals surface area contributed by atoms with E-state index in [9.17, 15) is 0 Å². The third-order valence-corrected chi connectivity index (χ3v) is 1.56. The second-order valence-electron chi connectivity index (χ2n) is 2.52. The van der Waals surface area contributed by atoms with Crippen molar-refractivity contribution in [2.75, 3.05) is 6.61 Å². The zero-order valence-electron chi connectivity index (χ0n) is 5.60. The Morgan fingerprint density at radius 2 is 2.00 bits per heavy atom. The van der Waals surface area contributed by atoms with Crippen molar-refractivity contribution in [2.24, 2.45) is 0 Å². The van der Waals surface area contributed by atoms with Gasteiger partial charge < -0.3 is 20.1 Å². The molecule has 1 saturated heterocycles. The van der Waals surface area contributed by atoms with E-state index in [1.54, 1.807) is 0 Å². The summed E-state index contributed by atoms with van der Waals surface area (Å²) in [4.78, 5) is 0. The summed E-state index contributed by atoms with van der Waals surface area (Å²) in [6.07, 6.45) is -1.20. The second-order valence-corrected chi connectivity index (χ2v) is 2.52. The van der Waals surface area contributed by atoms with Gasteiger partial charge in [-0.3, -0.25) is 0 Å². The first-order valence-electron chi connectivity index (χ1n) is 3.35. The Morgan fingerprint density at radius 3 is 2.50 bits per heavy atom. The van der Waals surface area contributed by atoms with E-state index < -0.39 is 18.5 Å². The Labute approximate surface area is 59.1 Å². The lowest BCUT2D eigenvalue weighted by Gasteiger charge is -2.28. The smallest absolute Gasteiger partial charge is 0.157 e. The number of ether oxygens (including phenoxy) is 1. The number of hydrogen-bond acceptors (Lipinski definition) is 4. The molecule has 4 heteroatoms. The molecule has 0 bridgehead atoms. The van der Waals surface area contributed by atoms with Gasteiger partial charge in [-0.15, -0.1) is 0 Å². The molecule has 0 saturated carbocycles. The highest BCUT2D eigenvalue weighted by molar-refractivity contribution is 4.71. The molecule has 0 aliphatic carbocycles. The highest BCUT2D eigenvalue weighted by Crippen LogP contribution is 2.17. The Kier molecular flexibility index (Phi) is 2.62. The van der Waals surface area contributed by atoms with E-state index in [1.807, 2.05) is 0 Å². The molecule has 3 N–H and O–H groups in total. The van der Waals surface area contributed by atoms with E-state index in [4.69, 9.17) is 20.1 Å². The Morgan fingerprint density at radius 1 is 1.30 bits per heavy atom. The predicted octanol–water partition coefficient (Wildman–Crippen LogP) is -1.16. The van der Waals surface area contributed by atoms with Crippen molar-refractivity contribution < 1.29 is 20.1 Å². The van der Waals surface area contributed by atoms with Crippen molar-refractivity contribution >= 4 is 0 Å². The fourth-order valence-electron chi connectivity index (χ4n) is 1.08. The Bertz CT molecular complexity index is 95.9. The topological polar surface area (TPSA) is 69.9 Å². The van der Waals surface area contributed by atoms with Gasteiger partial charge in [0.05, 0.1) is 18.8 Å². The summed E-state index contributed by atoms with van der Waals surface area (Å²) >= 11 is 0. The van der Waals surface area contributed by atoms with E-state index in [1.165, 1.54) is 0 Å². The Hall–Kier alpha value is -0.160. The molecule has 0 aromatic rings. The molecule has 0 spiro atoms. The van der Waals surface area contributed by atoms with Gasteiger partial charge in [0, 0.05) is 12.8 Å². The molecule has 0 aromatic carbocycles. The fraction of sp³-hybridized carbons (Fsp3) is 1.00. The lowest BCUT2D eigenvalue weighted by molar-refractivity contribution is -0.197. The summed E-state index contributed by atoms with van der Waals surface area (Å²) in [6.45, 7) is -0.145. The summed E-state index contributed by atoms with van der Waals surface area (Å²) in [6, 6.07) is 0. The quantitative estimate of drug-likeness (QED) is 0.438. The van der Waals surface area contributed by atoms with Crippen LogP contribution in [0, 0.1) is 0 Å². The van der Waals surface area contributed by atoms with Gasteiger partial charge in [-0.05, 0) is 0 Å². The molecule has 1 aliphatic heterocycles. The third-order valence-electron chi connectivity index (χ3n) is 1.56. The van der Waals surface area contributed by atoms with Gasteiger partial charge >= 0.3 is 0 Å². The van der Waals surface area contributed by atoms with Crippen LogP contribution in [0.3, 0.4) is 0 Å². The van der Waals surface area contributed by atoms with Crippen LogP contribution >= 0.6 is 0 Å². The summed E-state index contributed by atoms with van der Waals surface area (Å²) in [7, 11) is 0. The molecule has 1 aliphatic rings. The molecule has 1 rings (SSSR count). The average Bonchev–Trinajstić information content (AvgIpc) is 1.85. The van der Waals surface area contributed by atoms with Gasteiger partial charge in [0.2, 0.25) is 0 Å². The normalized spacial score (nSPS) is 41.7. The van der Waals surface area contributed by atoms with Crippen molar-refractivity contribution in [1.82, 2.24) is 0 Å². The molecule has 10 heavy (non-hydrogen) atoms. The van der Waals surface area contributed by atoms with Crippen LogP contribution in [0.25, 0.3) is 0 Å². The first-order valence-corrected chi connectivity index (χ1v) is 3.35. The van der Waals surface area contributed by atoms with Gasteiger partial charge in [0.25, 0.3) is 0 Å². The van der Waals surface area contributed by atoms with Crippen LogP contribution in [0.4, 0.5) is 0 Å². The molecule has 3 atom stereocenters. The highest BCUT2D eigenvalue weighted by Gasteiger charge is 2.25. The third kappa shape index (κ3) is 1.91. The minimum absolute atomic E-state index is 0.145. The van der Waals surface area contributed by atoms with Crippen molar-refractivity contribution in [1.29, 1.82) is 0 Å². The maximum atomic E-state index is 9.03. The molecule has 60 valence electrons. The molecular formula is C6H12O4. The van der Waals surface area contributed by atoms with Crippen molar-refractivity contribution in [3.05, 3.63) is 0 Å². The molecule has 1 heterocycles. The van der Waals surface area contributed by atoms with E-state index in [-0.39, 0.29) is 13.0 Å². The van der Waals surface area contributed by atoms with Gasteiger partial charge in [0.1, 0.15) is 0 Å². The van der Waals surface area contributed by atoms with Gasteiger partial charge in [-0.1, -0.05) is 0 Å². The summed E-state index contributed by atoms with van der Waals surface area (Å²) in [5.41, 5.74) is 0. The maximum absolute atomic E-state index is 9.03. The van der Waals surface area contributed by atoms with Crippen LogP contribution in [0.5, 0.6) is 0 Å². The lowest BCUT2D eigenvalue weighted by Crippen LogP contribution is -2.37. The zero-order chi connectivity index (χ0) is 7.56. The SMILES string of the molecule is OCC1C[C@H](O)CC(O)O1. The molecule has 2 unspecified atom stereocenters. The average molecular weight is 148 g/mol. The number of rotatable bonds is 1. The van der Waals surface area contributed by atoms with Crippen LogP contribution in [0.1, 0.15) is 12.8 Å². The minimum Gasteiger partial charge on any atom is -0.394 e. The molecule has 0 amide bonds. The van der Waals surface area contributed by atoms with Crippen LogP contribution in [-0.4, -0.2) is 40.4 Å². The predicted molar refractivity (Wildman–Crippen MR) is 33.2 cm³/mol. The summed E-state index contributed by atoms with van der Waals surface area (Å²) in [5, 5.41) is 26.5. The monoisotopic (exact) mass is 148 g/mol. The fourth-order valence-corrected chi connectivity index (χ4v) is 1.08. The summed E-state index contributed by atoms with van der Waals surface area (Å²) < 4.78 is 4.85. The van der Waals surface area contributed by atoms with Gasteiger partial charge in [-0.2, -0.15) is 0 Å². The minimum atomic E-state index is -0.916. The molecule has 1 fully saturated rings. The lowest BCUT2D eigenvalue weighted by atomic mass is 10.1. The molecule has 0 radical (unpaired) electrons. The summed E-state index contributed by atoms with van der Waals surface area (Å²) in [5.74, 6) is 0. The molecule has 0 aromatic heterocycles. The maximum Gasteiger partial charge on any atom is 0.157 e. The molecular weight excluding hydrogens is 136 g/mol. The van der Waals surface area contributed by atoms with E-state index in [0.29, 0.717) is 6.42 Å². The van der Waals surface area contributed by atoms with Crippen molar-refractivity contribution in [2.45, 2.75) is 31.3 Å². The van der Waals surface area contributed by atoms with Crippen LogP contribution in [0.2, 0.25) is 0 Å². The number of aliphatic hydroxyl groups is 3. The highest BCUT2D eigenvalue weighted by atomic mass is 16.6. The standard InChI is InChI=1S/C6H12O4/c7-3-5-1-4(8)2-6(9)10-5/h4-9H,1-3H2/t4-,5?,6?/m0/s1. The largest absolute Gasteiger partial charge is 0.394 e. The number of aliphatic hydroxyl groups excluding tert-OH is 3. The van der Waals surface area contributed by atoms with Crippen LogP contribution in [0.15, 0.2) is 0 Å². The zero-order valence-corrected chi connectivity index (χ0v) is 5.60.